The first kappa shape index (κ1) is 23.2. The molecule has 1 aliphatic heterocycles. The van der Waals surface area contributed by atoms with Crippen LogP contribution in [0.1, 0.15) is 17.2 Å². The van der Waals surface area contributed by atoms with Crippen molar-refractivity contribution in [2.45, 2.75) is 17.1 Å². The van der Waals surface area contributed by atoms with Gasteiger partial charge in [-0.15, -0.1) is 0 Å². The second-order valence-electron chi connectivity index (χ2n) is 7.80. The highest BCUT2D eigenvalue weighted by Crippen LogP contribution is 2.36. The maximum Gasteiger partial charge on any atom is 0.433 e. The number of aryl methyl sites for hydroxylation is 1. The summed E-state index contributed by atoms with van der Waals surface area (Å²) < 4.78 is 86.8. The van der Waals surface area contributed by atoms with E-state index in [1.165, 1.54) is 39.6 Å². The average Bonchev–Trinajstić information content (AvgIpc) is 3.40. The number of nitrogens with zero attached hydrogens (tertiary/aromatic N) is 4. The molecule has 7 nitrogen and oxygen atoms in total. The maximum absolute atomic E-state index is 13.4. The first-order valence-corrected chi connectivity index (χ1v) is 11.4. The van der Waals surface area contributed by atoms with E-state index in [1.807, 2.05) is 0 Å². The van der Waals surface area contributed by atoms with Crippen LogP contribution >= 0.6 is 0 Å². The minimum Gasteiger partial charge on any atom is -0.493 e. The second-order valence-corrected chi connectivity index (χ2v) is 9.69. The van der Waals surface area contributed by atoms with E-state index in [9.17, 15) is 26.0 Å². The smallest absolute Gasteiger partial charge is 0.433 e. The molecule has 1 aromatic carbocycles. The molecular formula is C21H20F4N4O3S. The van der Waals surface area contributed by atoms with E-state index >= 15 is 0 Å². The molecule has 0 radical (unpaired) electrons. The Hall–Kier alpha value is -2.99. The van der Waals surface area contributed by atoms with Crippen LogP contribution in [0.15, 0.2) is 60.1 Å². The Morgan fingerprint density at radius 2 is 1.85 bits per heavy atom. The fourth-order valence-corrected chi connectivity index (χ4v) is 5.29. The van der Waals surface area contributed by atoms with Crippen LogP contribution in [-0.2, 0) is 23.2 Å². The first-order valence-electron chi connectivity index (χ1n) is 9.93. The zero-order chi connectivity index (χ0) is 23.8. The molecule has 12 heteroatoms. The number of alkyl halides is 3. The number of rotatable bonds is 6. The quantitative estimate of drug-likeness (QED) is 0.501. The summed E-state index contributed by atoms with van der Waals surface area (Å²) in [6.07, 6.45) is -0.844. The van der Waals surface area contributed by atoms with Gasteiger partial charge in [0.2, 0.25) is 0 Å². The SMILES string of the molecule is Cn1cnc(S(=O)(=O)N2CC(COc3ccnc(C(F)(F)F)c3)C(c3ccc(F)cc3)C2)c1. The number of aromatic nitrogens is 3. The summed E-state index contributed by atoms with van der Waals surface area (Å²) >= 11 is 0. The maximum atomic E-state index is 13.4. The second kappa shape index (κ2) is 8.75. The molecule has 0 aliphatic carbocycles. The fraction of sp³-hybridized carbons (Fsp3) is 0.333. The van der Waals surface area contributed by atoms with Crippen LogP contribution in [-0.4, -0.2) is 47.0 Å². The zero-order valence-corrected chi connectivity index (χ0v) is 18.2. The van der Waals surface area contributed by atoms with Crippen molar-refractivity contribution in [2.24, 2.45) is 13.0 Å². The topological polar surface area (TPSA) is 77.3 Å². The Bertz CT molecular complexity index is 1230. The van der Waals surface area contributed by atoms with Crippen molar-refractivity contribution in [3.05, 3.63) is 72.2 Å². The van der Waals surface area contributed by atoms with E-state index in [2.05, 4.69) is 9.97 Å². The van der Waals surface area contributed by atoms with Gasteiger partial charge in [0.25, 0.3) is 10.0 Å². The normalized spacial score (nSPS) is 19.7. The van der Waals surface area contributed by atoms with Gasteiger partial charge in [0, 0.05) is 50.4 Å². The Balaban J connectivity index is 1.58. The number of benzene rings is 1. The van der Waals surface area contributed by atoms with E-state index in [4.69, 9.17) is 4.74 Å². The highest BCUT2D eigenvalue weighted by atomic mass is 32.2. The summed E-state index contributed by atoms with van der Waals surface area (Å²) in [5, 5.41) is -0.103. The molecule has 1 aliphatic rings. The summed E-state index contributed by atoms with van der Waals surface area (Å²) in [5.74, 6) is -1.20. The number of pyridine rings is 1. The standard InChI is InChI=1S/C21H20F4N4O3S/c1-28-11-20(27-13-28)33(30,31)29-9-15(18(10-29)14-2-4-16(22)5-3-14)12-32-17-6-7-26-19(8-17)21(23,24)25/h2-8,11,13,15,18H,9-10,12H2,1H3. The average molecular weight is 484 g/mol. The molecule has 4 rings (SSSR count). The third-order valence-corrected chi connectivity index (χ3v) is 7.19. The largest absolute Gasteiger partial charge is 0.493 e. The Morgan fingerprint density at radius 3 is 2.48 bits per heavy atom. The third kappa shape index (κ3) is 5.01. The van der Waals surface area contributed by atoms with Gasteiger partial charge < -0.3 is 9.30 Å². The van der Waals surface area contributed by atoms with Crippen LogP contribution in [0.3, 0.4) is 0 Å². The molecule has 176 valence electrons. The van der Waals surface area contributed by atoms with Crippen LogP contribution in [0.4, 0.5) is 17.6 Å². The monoisotopic (exact) mass is 484 g/mol. The summed E-state index contributed by atoms with van der Waals surface area (Å²) in [5.41, 5.74) is -0.379. The first-order chi connectivity index (χ1) is 15.5. The van der Waals surface area contributed by atoms with Gasteiger partial charge in [-0.25, -0.2) is 17.8 Å². The number of hydrogen-bond donors (Lipinski definition) is 0. The molecule has 0 amide bonds. The van der Waals surface area contributed by atoms with Gasteiger partial charge in [-0.2, -0.15) is 17.5 Å². The van der Waals surface area contributed by atoms with Crippen molar-refractivity contribution in [2.75, 3.05) is 19.7 Å². The Kier molecular flexibility index (Phi) is 6.14. The molecule has 3 aromatic rings. The van der Waals surface area contributed by atoms with Crippen LogP contribution in [0.5, 0.6) is 5.75 Å². The van der Waals surface area contributed by atoms with Crippen LogP contribution in [0.2, 0.25) is 0 Å². The van der Waals surface area contributed by atoms with Gasteiger partial charge in [-0.3, -0.25) is 4.98 Å². The van der Waals surface area contributed by atoms with Crippen LogP contribution in [0.25, 0.3) is 0 Å². The van der Waals surface area contributed by atoms with Gasteiger partial charge in [-0.05, 0) is 23.8 Å². The molecule has 1 saturated heterocycles. The van der Waals surface area contributed by atoms with Crippen molar-refractivity contribution in [3.8, 4) is 5.75 Å². The van der Waals surface area contributed by atoms with Crippen molar-refractivity contribution >= 4 is 10.0 Å². The number of hydrogen-bond acceptors (Lipinski definition) is 5. The third-order valence-electron chi connectivity index (χ3n) is 5.48. The van der Waals surface area contributed by atoms with Gasteiger partial charge in [0.15, 0.2) is 5.03 Å². The molecule has 2 atom stereocenters. The highest BCUT2D eigenvalue weighted by molar-refractivity contribution is 7.89. The summed E-state index contributed by atoms with van der Waals surface area (Å²) in [6.45, 7) is 0.123. The van der Waals surface area contributed by atoms with E-state index < -0.39 is 33.6 Å². The Labute approximate surface area is 187 Å². The summed E-state index contributed by atoms with van der Waals surface area (Å²) in [4.78, 5) is 7.24. The molecule has 0 spiro atoms. The lowest BCUT2D eigenvalue weighted by Crippen LogP contribution is -2.30. The summed E-state index contributed by atoms with van der Waals surface area (Å²) in [6, 6.07) is 7.79. The van der Waals surface area contributed by atoms with Crippen molar-refractivity contribution in [3.63, 3.8) is 0 Å². The molecule has 33 heavy (non-hydrogen) atoms. The molecule has 1 fully saturated rings. The summed E-state index contributed by atoms with van der Waals surface area (Å²) in [7, 11) is -2.25. The minimum atomic E-state index is -4.61. The van der Waals surface area contributed by atoms with E-state index in [0.29, 0.717) is 5.56 Å². The lowest BCUT2D eigenvalue weighted by Gasteiger charge is -2.19. The van der Waals surface area contributed by atoms with E-state index in [-0.39, 0.29) is 36.4 Å². The van der Waals surface area contributed by atoms with Gasteiger partial charge in [0.05, 0.1) is 12.9 Å². The van der Waals surface area contributed by atoms with Crippen LogP contribution < -0.4 is 4.74 Å². The van der Waals surface area contributed by atoms with Crippen LogP contribution in [0, 0.1) is 11.7 Å². The molecule has 0 bridgehead atoms. The molecule has 2 unspecified atom stereocenters. The minimum absolute atomic E-state index is 0.0267. The van der Waals surface area contributed by atoms with Crippen molar-refractivity contribution in [1.82, 2.24) is 18.8 Å². The predicted molar refractivity (Wildman–Crippen MR) is 109 cm³/mol. The number of sulfonamides is 1. The lowest BCUT2D eigenvalue weighted by molar-refractivity contribution is -0.141. The zero-order valence-electron chi connectivity index (χ0n) is 17.4. The molecular weight excluding hydrogens is 464 g/mol. The molecule has 3 heterocycles. The molecule has 0 N–H and O–H groups in total. The van der Waals surface area contributed by atoms with Gasteiger partial charge >= 0.3 is 6.18 Å². The van der Waals surface area contributed by atoms with Gasteiger partial charge in [0.1, 0.15) is 17.3 Å². The fourth-order valence-electron chi connectivity index (χ4n) is 3.80. The Morgan fingerprint density at radius 1 is 1.12 bits per heavy atom. The van der Waals surface area contributed by atoms with Crippen molar-refractivity contribution < 1.29 is 30.7 Å². The van der Waals surface area contributed by atoms with E-state index in [1.54, 1.807) is 19.2 Å². The highest BCUT2D eigenvalue weighted by Gasteiger charge is 2.41. The number of imidazole rings is 1. The number of halogens is 4. The molecule has 2 aromatic heterocycles. The lowest BCUT2D eigenvalue weighted by atomic mass is 9.89. The van der Waals surface area contributed by atoms with Gasteiger partial charge in [-0.1, -0.05) is 12.1 Å². The predicted octanol–water partition coefficient (Wildman–Crippen LogP) is 3.46. The molecule has 0 saturated carbocycles. The number of ether oxygens (including phenoxy) is 1. The van der Waals surface area contributed by atoms with E-state index in [0.717, 1.165) is 12.3 Å². The van der Waals surface area contributed by atoms with Crippen molar-refractivity contribution in [1.29, 1.82) is 0 Å².